The second-order valence-electron chi connectivity index (χ2n) is 7.09. The molecule has 154 valence electrons. The van der Waals surface area contributed by atoms with Gasteiger partial charge in [0.25, 0.3) is 5.56 Å². The van der Waals surface area contributed by atoms with E-state index in [2.05, 4.69) is 6.92 Å². The molecule has 0 saturated heterocycles. The third-order valence-corrected chi connectivity index (χ3v) is 8.08. The molecule has 0 amide bonds. The molecule has 0 aliphatic carbocycles. The maximum absolute atomic E-state index is 13.6. The Labute approximate surface area is 193 Å². The molecule has 0 radical (unpaired) electrons. The molecule has 0 fully saturated rings. The summed E-state index contributed by atoms with van der Waals surface area (Å²) in [6, 6.07) is 13.5. The number of aryl methyl sites for hydroxylation is 3. The van der Waals surface area contributed by atoms with Crippen molar-refractivity contribution in [2.45, 2.75) is 38.1 Å². The van der Waals surface area contributed by atoms with Crippen LogP contribution in [0.1, 0.15) is 28.5 Å². The van der Waals surface area contributed by atoms with Crippen LogP contribution < -0.4 is 5.56 Å². The van der Waals surface area contributed by atoms with E-state index in [-0.39, 0.29) is 5.56 Å². The number of hydrogen-bond acceptors (Lipinski definition) is 4. The molecule has 2 aromatic carbocycles. The van der Waals surface area contributed by atoms with Crippen LogP contribution in [-0.2, 0) is 12.2 Å². The van der Waals surface area contributed by atoms with Crippen LogP contribution in [0, 0.1) is 13.8 Å². The van der Waals surface area contributed by atoms with Crippen molar-refractivity contribution in [2.24, 2.45) is 0 Å². The largest absolute Gasteiger partial charge is 0.268 e. The van der Waals surface area contributed by atoms with Crippen LogP contribution in [0.3, 0.4) is 0 Å². The van der Waals surface area contributed by atoms with Gasteiger partial charge in [0.1, 0.15) is 4.83 Å². The fourth-order valence-corrected chi connectivity index (χ4v) is 5.78. The van der Waals surface area contributed by atoms with E-state index in [0.29, 0.717) is 21.0 Å². The van der Waals surface area contributed by atoms with E-state index in [1.54, 1.807) is 22.0 Å². The SMILES string of the molecule is CCc1sc2nc(SCc3ccc(Cl)c(Cl)c3)n(-c3ccc(C)cc3)c(=O)c2c1C. The minimum atomic E-state index is -0.0195. The Morgan fingerprint density at radius 2 is 1.80 bits per heavy atom. The van der Waals surface area contributed by atoms with Crippen molar-refractivity contribution in [3.63, 3.8) is 0 Å². The summed E-state index contributed by atoms with van der Waals surface area (Å²) in [5, 5.41) is 2.45. The van der Waals surface area contributed by atoms with Gasteiger partial charge in [-0.1, -0.05) is 65.7 Å². The third kappa shape index (κ3) is 4.04. The summed E-state index contributed by atoms with van der Waals surface area (Å²) in [6.07, 6.45) is 0.891. The summed E-state index contributed by atoms with van der Waals surface area (Å²) >= 11 is 15.3. The average Bonchev–Trinajstić information content (AvgIpc) is 3.05. The Morgan fingerprint density at radius 3 is 2.47 bits per heavy atom. The summed E-state index contributed by atoms with van der Waals surface area (Å²) in [7, 11) is 0. The summed E-state index contributed by atoms with van der Waals surface area (Å²) in [6.45, 7) is 6.16. The summed E-state index contributed by atoms with van der Waals surface area (Å²) in [5.41, 5.74) is 4.01. The molecule has 0 aliphatic heterocycles. The van der Waals surface area contributed by atoms with Gasteiger partial charge in [0.05, 0.1) is 21.1 Å². The van der Waals surface area contributed by atoms with Crippen molar-refractivity contribution in [2.75, 3.05) is 0 Å². The monoisotopic (exact) mass is 474 g/mol. The molecule has 0 spiro atoms. The highest BCUT2D eigenvalue weighted by Gasteiger charge is 2.19. The predicted octanol–water partition coefficient (Wildman–Crippen LogP) is 7.23. The van der Waals surface area contributed by atoms with Crippen molar-refractivity contribution in [3.05, 3.63) is 84.4 Å². The number of hydrogen-bond donors (Lipinski definition) is 0. The molecule has 0 bridgehead atoms. The number of fused-ring (bicyclic) bond motifs is 1. The molecule has 4 rings (SSSR count). The van der Waals surface area contributed by atoms with Gasteiger partial charge in [0.15, 0.2) is 5.16 Å². The van der Waals surface area contributed by atoms with Gasteiger partial charge in [-0.2, -0.15) is 0 Å². The number of thioether (sulfide) groups is 1. The molecule has 2 aromatic heterocycles. The van der Waals surface area contributed by atoms with Gasteiger partial charge in [-0.25, -0.2) is 4.98 Å². The van der Waals surface area contributed by atoms with Crippen LogP contribution in [0.15, 0.2) is 52.4 Å². The highest BCUT2D eigenvalue weighted by Crippen LogP contribution is 2.32. The fourth-order valence-electron chi connectivity index (χ4n) is 3.34. The first kappa shape index (κ1) is 21.4. The number of rotatable bonds is 5. The van der Waals surface area contributed by atoms with E-state index in [9.17, 15) is 4.79 Å². The molecule has 0 aliphatic rings. The molecular weight excluding hydrogens is 455 g/mol. The second-order valence-corrected chi connectivity index (χ2v) is 9.93. The first-order valence-corrected chi connectivity index (χ1v) is 12.1. The smallest absolute Gasteiger partial charge is 0.267 e. The normalized spacial score (nSPS) is 11.4. The highest BCUT2D eigenvalue weighted by molar-refractivity contribution is 7.98. The van der Waals surface area contributed by atoms with E-state index in [1.165, 1.54) is 16.6 Å². The topological polar surface area (TPSA) is 34.9 Å². The minimum absolute atomic E-state index is 0.0195. The lowest BCUT2D eigenvalue weighted by atomic mass is 10.2. The summed E-state index contributed by atoms with van der Waals surface area (Å²) < 4.78 is 1.73. The van der Waals surface area contributed by atoms with Gasteiger partial charge in [0, 0.05) is 10.6 Å². The highest BCUT2D eigenvalue weighted by atomic mass is 35.5. The van der Waals surface area contributed by atoms with Crippen LogP contribution in [0.5, 0.6) is 0 Å². The third-order valence-electron chi connectivity index (χ3n) is 5.00. The molecule has 30 heavy (non-hydrogen) atoms. The lowest BCUT2D eigenvalue weighted by molar-refractivity contribution is 0.821. The van der Waals surface area contributed by atoms with Crippen LogP contribution in [0.25, 0.3) is 15.9 Å². The van der Waals surface area contributed by atoms with Gasteiger partial charge in [-0.3, -0.25) is 9.36 Å². The van der Waals surface area contributed by atoms with Crippen molar-refractivity contribution in [3.8, 4) is 5.69 Å². The molecule has 0 N–H and O–H groups in total. The Balaban J connectivity index is 1.85. The number of nitrogens with zero attached hydrogens (tertiary/aromatic N) is 2. The maximum Gasteiger partial charge on any atom is 0.267 e. The molecule has 4 aromatic rings. The zero-order valence-corrected chi connectivity index (χ0v) is 20.0. The van der Waals surface area contributed by atoms with Crippen molar-refractivity contribution in [1.29, 1.82) is 0 Å². The quantitative estimate of drug-likeness (QED) is 0.226. The zero-order valence-electron chi connectivity index (χ0n) is 16.8. The van der Waals surface area contributed by atoms with Crippen LogP contribution in [0.2, 0.25) is 10.0 Å². The van der Waals surface area contributed by atoms with Crippen molar-refractivity contribution >= 4 is 56.5 Å². The molecular formula is C23H20Cl2N2OS2. The second kappa shape index (κ2) is 8.75. The van der Waals surface area contributed by atoms with Crippen LogP contribution in [0.4, 0.5) is 0 Å². The minimum Gasteiger partial charge on any atom is -0.268 e. The van der Waals surface area contributed by atoms with Crippen molar-refractivity contribution in [1.82, 2.24) is 9.55 Å². The van der Waals surface area contributed by atoms with E-state index >= 15 is 0 Å². The Bertz CT molecular complexity index is 1290. The first-order chi connectivity index (χ1) is 14.4. The predicted molar refractivity (Wildman–Crippen MR) is 130 cm³/mol. The van der Waals surface area contributed by atoms with Gasteiger partial charge in [-0.05, 0) is 55.7 Å². The average molecular weight is 475 g/mol. The summed E-state index contributed by atoms with van der Waals surface area (Å²) in [4.78, 5) is 20.5. The van der Waals surface area contributed by atoms with Crippen molar-refractivity contribution < 1.29 is 0 Å². The lowest BCUT2D eigenvalue weighted by Crippen LogP contribution is -2.21. The molecule has 2 heterocycles. The van der Waals surface area contributed by atoms with Gasteiger partial charge < -0.3 is 0 Å². The first-order valence-electron chi connectivity index (χ1n) is 9.57. The molecule has 0 saturated carbocycles. The Kier molecular flexibility index (Phi) is 6.26. The van der Waals surface area contributed by atoms with Crippen LogP contribution in [-0.4, -0.2) is 9.55 Å². The van der Waals surface area contributed by atoms with E-state index in [4.69, 9.17) is 28.2 Å². The number of aromatic nitrogens is 2. The van der Waals surface area contributed by atoms with E-state index in [0.717, 1.165) is 39.0 Å². The van der Waals surface area contributed by atoms with Gasteiger partial charge >= 0.3 is 0 Å². The lowest BCUT2D eigenvalue weighted by Gasteiger charge is -2.13. The van der Waals surface area contributed by atoms with E-state index < -0.39 is 0 Å². The van der Waals surface area contributed by atoms with E-state index in [1.807, 2.05) is 50.2 Å². The fraction of sp³-hybridized carbons (Fsp3) is 0.217. The summed E-state index contributed by atoms with van der Waals surface area (Å²) in [5.74, 6) is 0.631. The molecule has 0 atom stereocenters. The molecule has 7 heteroatoms. The Hall–Kier alpha value is -1.79. The van der Waals surface area contributed by atoms with Gasteiger partial charge in [0.2, 0.25) is 0 Å². The molecule has 3 nitrogen and oxygen atoms in total. The number of thiophene rings is 1. The number of halogens is 2. The standard InChI is InChI=1S/C23H20Cl2N2OS2/c1-4-19-14(3)20-21(30-19)26-23(29-12-15-7-10-17(24)18(25)11-15)27(22(20)28)16-8-5-13(2)6-9-16/h5-11H,4,12H2,1-3H3. The number of benzene rings is 2. The molecule has 0 unspecified atom stereocenters. The van der Waals surface area contributed by atoms with Gasteiger partial charge in [-0.15, -0.1) is 11.3 Å². The maximum atomic E-state index is 13.6. The van der Waals surface area contributed by atoms with Crippen LogP contribution >= 0.6 is 46.3 Å². The Morgan fingerprint density at radius 1 is 1.07 bits per heavy atom. The zero-order chi connectivity index (χ0) is 21.4.